The summed E-state index contributed by atoms with van der Waals surface area (Å²) in [6.45, 7) is 6.34. The van der Waals surface area contributed by atoms with E-state index in [-0.39, 0.29) is 11.7 Å². The standard InChI is InChI=1S/C14H15N5OS2/c1-3-6-19-11(4-2)17-18-14(19)22-9-12(20)16-13-10(8-15)5-7-21-13/h3,5,7H,1,4,6,9H2,2H3,(H,16,20). The Kier molecular flexibility index (Phi) is 5.75. The van der Waals surface area contributed by atoms with Crippen LogP contribution >= 0.6 is 23.1 Å². The number of nitrogens with zero attached hydrogens (tertiary/aromatic N) is 4. The molecule has 2 aromatic rings. The second kappa shape index (κ2) is 7.77. The predicted octanol–water partition coefficient (Wildman–Crippen LogP) is 2.69. The predicted molar refractivity (Wildman–Crippen MR) is 88.0 cm³/mol. The fraction of sp³-hybridized carbons (Fsp3) is 0.286. The maximum atomic E-state index is 12.0. The molecule has 0 aromatic carbocycles. The number of carbonyl (C=O) groups excluding carboxylic acids is 1. The van der Waals surface area contributed by atoms with Gasteiger partial charge in [0.25, 0.3) is 0 Å². The number of allylic oxidation sites excluding steroid dienone is 1. The summed E-state index contributed by atoms with van der Waals surface area (Å²) in [7, 11) is 0. The number of nitrogens with one attached hydrogen (secondary N) is 1. The van der Waals surface area contributed by atoms with Crippen molar-refractivity contribution in [3.05, 3.63) is 35.5 Å². The van der Waals surface area contributed by atoms with Crippen molar-refractivity contribution < 1.29 is 4.79 Å². The SMILES string of the molecule is C=CCn1c(CC)nnc1SCC(=O)Nc1sccc1C#N. The molecular weight excluding hydrogens is 318 g/mol. The van der Waals surface area contributed by atoms with Crippen LogP contribution in [0.2, 0.25) is 0 Å². The van der Waals surface area contributed by atoms with E-state index in [9.17, 15) is 4.79 Å². The summed E-state index contributed by atoms with van der Waals surface area (Å²) >= 11 is 2.65. The lowest BCUT2D eigenvalue weighted by Crippen LogP contribution is -2.14. The average molecular weight is 333 g/mol. The van der Waals surface area contributed by atoms with Crippen LogP contribution in [0.5, 0.6) is 0 Å². The molecular formula is C14H15N5OS2. The van der Waals surface area contributed by atoms with E-state index in [4.69, 9.17) is 5.26 Å². The number of amides is 1. The largest absolute Gasteiger partial charge is 0.316 e. The molecule has 0 unspecified atom stereocenters. The molecule has 2 rings (SSSR count). The van der Waals surface area contributed by atoms with E-state index in [1.165, 1.54) is 23.1 Å². The molecule has 2 heterocycles. The molecule has 0 saturated carbocycles. The van der Waals surface area contributed by atoms with Gasteiger partial charge in [0.15, 0.2) is 5.16 Å². The molecule has 0 aliphatic rings. The highest BCUT2D eigenvalue weighted by Crippen LogP contribution is 2.23. The number of nitriles is 1. The van der Waals surface area contributed by atoms with Gasteiger partial charge in [-0.2, -0.15) is 5.26 Å². The van der Waals surface area contributed by atoms with E-state index in [0.717, 1.165) is 12.2 Å². The molecule has 8 heteroatoms. The molecule has 0 bridgehead atoms. The van der Waals surface area contributed by atoms with Gasteiger partial charge < -0.3 is 9.88 Å². The first-order valence-electron chi connectivity index (χ1n) is 6.62. The number of thioether (sulfide) groups is 1. The molecule has 22 heavy (non-hydrogen) atoms. The first kappa shape index (κ1) is 16.3. The molecule has 114 valence electrons. The van der Waals surface area contributed by atoms with Gasteiger partial charge in [0.2, 0.25) is 5.91 Å². The van der Waals surface area contributed by atoms with Crippen LogP contribution in [0, 0.1) is 11.3 Å². The van der Waals surface area contributed by atoms with Crippen molar-refractivity contribution >= 4 is 34.0 Å². The number of aryl methyl sites for hydroxylation is 1. The number of thiophene rings is 1. The third-order valence-corrected chi connectivity index (χ3v) is 4.59. The van der Waals surface area contributed by atoms with E-state index in [2.05, 4.69) is 22.1 Å². The quantitative estimate of drug-likeness (QED) is 0.622. The fourth-order valence-corrected chi connectivity index (χ4v) is 3.31. The zero-order chi connectivity index (χ0) is 15.9. The first-order valence-corrected chi connectivity index (χ1v) is 8.49. The summed E-state index contributed by atoms with van der Waals surface area (Å²) in [4.78, 5) is 12.0. The highest BCUT2D eigenvalue weighted by atomic mass is 32.2. The Morgan fingerprint density at radius 2 is 2.45 bits per heavy atom. The zero-order valence-corrected chi connectivity index (χ0v) is 13.7. The lowest BCUT2D eigenvalue weighted by atomic mass is 10.3. The molecule has 0 fully saturated rings. The van der Waals surface area contributed by atoms with Crippen molar-refractivity contribution in [3.63, 3.8) is 0 Å². The van der Waals surface area contributed by atoms with Crippen LogP contribution in [-0.2, 0) is 17.8 Å². The van der Waals surface area contributed by atoms with Crippen molar-refractivity contribution in [1.82, 2.24) is 14.8 Å². The second-order valence-corrected chi connectivity index (χ2v) is 6.12. The maximum Gasteiger partial charge on any atom is 0.235 e. The Bertz CT molecular complexity index is 713. The highest BCUT2D eigenvalue weighted by molar-refractivity contribution is 7.99. The Morgan fingerprint density at radius 1 is 1.64 bits per heavy atom. The van der Waals surface area contributed by atoms with Gasteiger partial charge in [-0.25, -0.2) is 0 Å². The smallest absolute Gasteiger partial charge is 0.235 e. The Morgan fingerprint density at radius 3 is 3.14 bits per heavy atom. The van der Waals surface area contributed by atoms with Crippen LogP contribution in [-0.4, -0.2) is 26.4 Å². The molecule has 0 spiro atoms. The minimum atomic E-state index is -0.171. The lowest BCUT2D eigenvalue weighted by molar-refractivity contribution is -0.113. The van der Waals surface area contributed by atoms with Crippen LogP contribution < -0.4 is 5.32 Å². The number of hydrogen-bond acceptors (Lipinski definition) is 6. The van der Waals surface area contributed by atoms with Gasteiger partial charge in [-0.15, -0.1) is 28.1 Å². The topological polar surface area (TPSA) is 83.6 Å². The molecule has 0 aliphatic heterocycles. The number of carbonyl (C=O) groups is 1. The summed E-state index contributed by atoms with van der Waals surface area (Å²) in [5.41, 5.74) is 0.478. The van der Waals surface area contributed by atoms with Crippen LogP contribution in [0.15, 0.2) is 29.3 Å². The molecule has 1 amide bonds. The van der Waals surface area contributed by atoms with Crippen molar-refractivity contribution in [2.75, 3.05) is 11.1 Å². The Balaban J connectivity index is 1.98. The van der Waals surface area contributed by atoms with E-state index in [1.54, 1.807) is 17.5 Å². The van der Waals surface area contributed by atoms with Crippen LogP contribution in [0.4, 0.5) is 5.00 Å². The lowest BCUT2D eigenvalue weighted by Gasteiger charge is -2.06. The first-order chi connectivity index (χ1) is 10.7. The minimum Gasteiger partial charge on any atom is -0.316 e. The summed E-state index contributed by atoms with van der Waals surface area (Å²) in [6, 6.07) is 3.73. The molecule has 6 nitrogen and oxygen atoms in total. The van der Waals surface area contributed by atoms with E-state index < -0.39 is 0 Å². The maximum absolute atomic E-state index is 12.0. The summed E-state index contributed by atoms with van der Waals surface area (Å²) < 4.78 is 1.94. The Labute approximate surface area is 136 Å². The zero-order valence-electron chi connectivity index (χ0n) is 12.1. The second-order valence-electron chi connectivity index (χ2n) is 4.26. The highest BCUT2D eigenvalue weighted by Gasteiger charge is 2.13. The fourth-order valence-electron chi connectivity index (χ4n) is 1.79. The van der Waals surface area contributed by atoms with Crippen LogP contribution in [0.3, 0.4) is 0 Å². The van der Waals surface area contributed by atoms with E-state index >= 15 is 0 Å². The molecule has 0 aliphatic carbocycles. The Hall–Kier alpha value is -2.11. The van der Waals surface area contributed by atoms with Crippen LogP contribution in [0.25, 0.3) is 0 Å². The average Bonchev–Trinajstić information content (AvgIpc) is 3.12. The van der Waals surface area contributed by atoms with Gasteiger partial charge >= 0.3 is 0 Å². The third kappa shape index (κ3) is 3.75. The molecule has 1 N–H and O–H groups in total. The monoisotopic (exact) mass is 333 g/mol. The number of aromatic nitrogens is 3. The summed E-state index contributed by atoms with van der Waals surface area (Å²) in [6.07, 6.45) is 2.55. The van der Waals surface area contributed by atoms with Gasteiger partial charge in [-0.3, -0.25) is 4.79 Å². The normalized spacial score (nSPS) is 10.2. The van der Waals surface area contributed by atoms with Crippen molar-refractivity contribution in [3.8, 4) is 6.07 Å². The van der Waals surface area contributed by atoms with Crippen molar-refractivity contribution in [1.29, 1.82) is 5.26 Å². The van der Waals surface area contributed by atoms with E-state index in [0.29, 0.717) is 22.3 Å². The summed E-state index contributed by atoms with van der Waals surface area (Å²) in [5.74, 6) is 0.907. The van der Waals surface area contributed by atoms with Gasteiger partial charge in [0, 0.05) is 13.0 Å². The molecule has 2 aromatic heterocycles. The van der Waals surface area contributed by atoms with Crippen molar-refractivity contribution in [2.45, 2.75) is 25.0 Å². The van der Waals surface area contributed by atoms with Gasteiger partial charge in [-0.05, 0) is 11.4 Å². The number of hydrogen-bond donors (Lipinski definition) is 1. The van der Waals surface area contributed by atoms with Gasteiger partial charge in [0.05, 0.1) is 11.3 Å². The molecule has 0 atom stereocenters. The minimum absolute atomic E-state index is 0.171. The number of anilines is 1. The van der Waals surface area contributed by atoms with E-state index in [1.807, 2.05) is 17.6 Å². The summed E-state index contributed by atoms with van der Waals surface area (Å²) in [5, 5.41) is 22.9. The number of rotatable bonds is 7. The van der Waals surface area contributed by atoms with Crippen LogP contribution in [0.1, 0.15) is 18.3 Å². The third-order valence-electron chi connectivity index (χ3n) is 2.79. The van der Waals surface area contributed by atoms with Gasteiger partial charge in [-0.1, -0.05) is 24.8 Å². The molecule has 0 radical (unpaired) electrons. The van der Waals surface area contributed by atoms with Gasteiger partial charge in [0.1, 0.15) is 16.9 Å². The van der Waals surface area contributed by atoms with Crippen molar-refractivity contribution in [2.24, 2.45) is 0 Å². The molecule has 0 saturated heterocycles.